The summed E-state index contributed by atoms with van der Waals surface area (Å²) in [6.07, 6.45) is 2.04. The molecular weight excluding hydrogens is 522 g/mol. The highest BCUT2D eigenvalue weighted by molar-refractivity contribution is 7.72. The summed E-state index contributed by atoms with van der Waals surface area (Å²) in [5.41, 5.74) is 6.06. The smallest absolute Gasteiger partial charge is 0.257 e. The van der Waals surface area contributed by atoms with Crippen LogP contribution in [0.1, 0.15) is 58.7 Å². The van der Waals surface area contributed by atoms with Gasteiger partial charge in [-0.3, -0.25) is 4.79 Å². The van der Waals surface area contributed by atoms with Crippen molar-refractivity contribution in [3.05, 3.63) is 99.3 Å². The van der Waals surface area contributed by atoms with Crippen LogP contribution in [-0.4, -0.2) is 24.5 Å². The third-order valence-corrected chi connectivity index (χ3v) is 8.32. The standard InChI is InChI=1S/C29H28ClN3O4S/c1-17-14-24(31-25(34)16-20-4-6-21(7-5-20)19(3)38(35)36)15-18(2)26(17)29(12-13-29)28-32-27(37-33-28)22-8-10-23(30)11-9-22/h4-11,14-15,19,38H,12-13,16H2,1-3H3,(H,31,34). The van der Waals surface area contributed by atoms with Crippen LogP contribution in [0.3, 0.4) is 0 Å². The zero-order chi connectivity index (χ0) is 27.0. The molecule has 1 aliphatic carbocycles. The SMILES string of the molecule is Cc1cc(NC(=O)Cc2ccc(C(C)[SH](=O)=O)cc2)cc(C)c1C1(c2noc(-c3ccc(Cl)cc3)n2)CC1. The first-order valence-corrected chi connectivity index (χ1v) is 14.0. The molecule has 1 unspecified atom stereocenters. The van der Waals surface area contributed by atoms with Gasteiger partial charge in [0.1, 0.15) is 10.7 Å². The number of nitrogens with zero attached hydrogens (tertiary/aromatic N) is 2. The van der Waals surface area contributed by atoms with Crippen molar-refractivity contribution in [1.29, 1.82) is 0 Å². The zero-order valence-electron chi connectivity index (χ0n) is 21.3. The summed E-state index contributed by atoms with van der Waals surface area (Å²) < 4.78 is 28.0. The van der Waals surface area contributed by atoms with E-state index in [1.54, 1.807) is 43.3 Å². The van der Waals surface area contributed by atoms with Gasteiger partial charge in [0.2, 0.25) is 5.91 Å². The van der Waals surface area contributed by atoms with Gasteiger partial charge < -0.3 is 9.84 Å². The summed E-state index contributed by atoms with van der Waals surface area (Å²) in [6, 6.07) is 18.4. The van der Waals surface area contributed by atoms with E-state index in [9.17, 15) is 13.2 Å². The molecule has 1 aliphatic rings. The predicted octanol–water partition coefficient (Wildman–Crippen LogP) is 5.94. The summed E-state index contributed by atoms with van der Waals surface area (Å²) in [5, 5.41) is 7.42. The minimum atomic E-state index is -2.53. The Hall–Kier alpha value is -3.49. The molecule has 0 spiro atoms. The van der Waals surface area contributed by atoms with E-state index in [4.69, 9.17) is 21.1 Å². The second-order valence-corrected chi connectivity index (χ2v) is 11.7. The first-order valence-electron chi connectivity index (χ1n) is 12.4. The van der Waals surface area contributed by atoms with Crippen LogP contribution in [0.5, 0.6) is 0 Å². The molecule has 1 heterocycles. The molecule has 4 aromatic rings. The van der Waals surface area contributed by atoms with Gasteiger partial charge >= 0.3 is 0 Å². The van der Waals surface area contributed by atoms with Gasteiger partial charge in [-0.15, -0.1) is 0 Å². The fraction of sp³-hybridized carbons (Fsp3) is 0.276. The minimum Gasteiger partial charge on any atom is -0.334 e. The van der Waals surface area contributed by atoms with Crippen molar-refractivity contribution in [2.45, 2.75) is 50.7 Å². The summed E-state index contributed by atoms with van der Waals surface area (Å²) in [4.78, 5) is 17.5. The zero-order valence-corrected chi connectivity index (χ0v) is 23.0. The molecule has 1 amide bonds. The van der Waals surface area contributed by atoms with Crippen LogP contribution in [0.25, 0.3) is 11.5 Å². The lowest BCUT2D eigenvalue weighted by Gasteiger charge is -2.19. The van der Waals surface area contributed by atoms with Crippen LogP contribution in [0.4, 0.5) is 5.69 Å². The normalized spacial score (nSPS) is 14.9. The van der Waals surface area contributed by atoms with Gasteiger partial charge in [-0.25, -0.2) is 8.42 Å². The van der Waals surface area contributed by atoms with Crippen molar-refractivity contribution in [1.82, 2.24) is 10.1 Å². The molecule has 1 atom stereocenters. The second kappa shape index (κ2) is 10.3. The molecule has 7 nitrogen and oxygen atoms in total. The molecule has 3 aromatic carbocycles. The Bertz CT molecular complexity index is 1540. The number of hydrogen-bond acceptors (Lipinski definition) is 6. The molecule has 0 aliphatic heterocycles. The van der Waals surface area contributed by atoms with Gasteiger partial charge in [0, 0.05) is 16.3 Å². The van der Waals surface area contributed by atoms with Crippen molar-refractivity contribution in [3.63, 3.8) is 0 Å². The van der Waals surface area contributed by atoms with Gasteiger partial charge in [0.15, 0.2) is 5.82 Å². The quantitative estimate of drug-likeness (QED) is 0.264. The van der Waals surface area contributed by atoms with Crippen LogP contribution in [0.2, 0.25) is 5.02 Å². The Labute approximate surface area is 228 Å². The molecule has 1 fully saturated rings. The van der Waals surface area contributed by atoms with Crippen molar-refractivity contribution >= 4 is 33.9 Å². The largest absolute Gasteiger partial charge is 0.334 e. The topological polar surface area (TPSA) is 102 Å². The van der Waals surface area contributed by atoms with Crippen LogP contribution in [-0.2, 0) is 27.3 Å². The number of halogens is 1. The Morgan fingerprint density at radius 3 is 2.26 bits per heavy atom. The average molecular weight is 550 g/mol. The first kappa shape index (κ1) is 26.1. The number of rotatable bonds is 8. The number of hydrogen-bond donors (Lipinski definition) is 2. The summed E-state index contributed by atoms with van der Waals surface area (Å²) in [6.45, 7) is 5.72. The highest BCUT2D eigenvalue weighted by Crippen LogP contribution is 2.54. The molecule has 38 heavy (non-hydrogen) atoms. The molecule has 9 heteroatoms. The van der Waals surface area contributed by atoms with E-state index in [2.05, 4.69) is 10.5 Å². The Kier molecular flexibility index (Phi) is 7.11. The van der Waals surface area contributed by atoms with Crippen LogP contribution < -0.4 is 5.32 Å². The molecule has 0 bridgehead atoms. The third-order valence-electron chi connectivity index (χ3n) is 7.13. The first-order chi connectivity index (χ1) is 18.2. The lowest BCUT2D eigenvalue weighted by atomic mass is 9.87. The number of thiol groups is 1. The number of amides is 1. The van der Waals surface area contributed by atoms with Crippen molar-refractivity contribution in [3.8, 4) is 11.5 Å². The fourth-order valence-electron chi connectivity index (χ4n) is 5.05. The molecule has 0 radical (unpaired) electrons. The van der Waals surface area contributed by atoms with E-state index in [1.807, 2.05) is 38.1 Å². The summed E-state index contributed by atoms with van der Waals surface area (Å²) in [5.74, 6) is 0.996. The van der Waals surface area contributed by atoms with E-state index in [0.717, 1.165) is 40.8 Å². The van der Waals surface area contributed by atoms with Crippen LogP contribution in [0.15, 0.2) is 65.2 Å². The lowest BCUT2D eigenvalue weighted by molar-refractivity contribution is -0.115. The van der Waals surface area contributed by atoms with Crippen molar-refractivity contribution in [2.24, 2.45) is 0 Å². The third kappa shape index (κ3) is 5.24. The van der Waals surface area contributed by atoms with Gasteiger partial charge in [-0.1, -0.05) is 41.0 Å². The molecule has 0 saturated heterocycles. The Morgan fingerprint density at radius 1 is 1.05 bits per heavy atom. The Morgan fingerprint density at radius 2 is 1.68 bits per heavy atom. The molecule has 5 rings (SSSR count). The van der Waals surface area contributed by atoms with Gasteiger partial charge in [-0.2, -0.15) is 4.98 Å². The molecule has 1 saturated carbocycles. The maximum Gasteiger partial charge on any atom is 0.257 e. The molecular formula is C29H28ClN3O4S. The summed E-state index contributed by atoms with van der Waals surface area (Å²) >= 11 is 6.00. The number of aryl methyl sites for hydroxylation is 2. The van der Waals surface area contributed by atoms with Gasteiger partial charge in [0.25, 0.3) is 5.89 Å². The maximum atomic E-state index is 12.8. The van der Waals surface area contributed by atoms with E-state index in [1.165, 1.54) is 5.56 Å². The fourth-order valence-corrected chi connectivity index (χ4v) is 5.60. The number of aromatic nitrogens is 2. The van der Waals surface area contributed by atoms with Crippen molar-refractivity contribution in [2.75, 3.05) is 5.32 Å². The number of carbonyl (C=O) groups is 1. The van der Waals surface area contributed by atoms with E-state index in [0.29, 0.717) is 22.3 Å². The molecule has 1 N–H and O–H groups in total. The minimum absolute atomic E-state index is 0.140. The van der Waals surface area contributed by atoms with Crippen LogP contribution in [0, 0.1) is 13.8 Å². The number of carbonyl (C=O) groups excluding carboxylic acids is 1. The summed E-state index contributed by atoms with van der Waals surface area (Å²) in [7, 11) is -2.53. The van der Waals surface area contributed by atoms with Crippen molar-refractivity contribution < 1.29 is 17.7 Å². The highest BCUT2D eigenvalue weighted by atomic mass is 35.5. The molecule has 1 aromatic heterocycles. The Balaban J connectivity index is 1.31. The monoisotopic (exact) mass is 549 g/mol. The highest BCUT2D eigenvalue weighted by Gasteiger charge is 2.51. The second-order valence-electron chi connectivity index (χ2n) is 9.93. The molecule has 196 valence electrons. The van der Waals surface area contributed by atoms with E-state index >= 15 is 0 Å². The van der Waals surface area contributed by atoms with Gasteiger partial charge in [-0.05, 0) is 97.8 Å². The average Bonchev–Trinajstić information content (AvgIpc) is 3.50. The number of anilines is 1. The van der Waals surface area contributed by atoms with E-state index < -0.39 is 16.0 Å². The predicted molar refractivity (Wildman–Crippen MR) is 148 cm³/mol. The lowest BCUT2D eigenvalue weighted by Crippen LogP contribution is -2.17. The van der Waals surface area contributed by atoms with Gasteiger partial charge in [0.05, 0.1) is 17.1 Å². The number of nitrogens with one attached hydrogen (secondary N) is 1. The number of benzene rings is 3. The van der Waals surface area contributed by atoms with E-state index in [-0.39, 0.29) is 17.7 Å². The van der Waals surface area contributed by atoms with Crippen LogP contribution >= 0.6 is 11.6 Å². The maximum absolute atomic E-state index is 12.8.